The number of nitrogens with zero attached hydrogens (tertiary/aromatic N) is 1. The van der Waals surface area contributed by atoms with E-state index in [2.05, 4.69) is 18.9 Å². The van der Waals surface area contributed by atoms with Crippen molar-refractivity contribution in [2.45, 2.75) is 38.6 Å². The Bertz CT molecular complexity index is 120. The first-order valence-electron chi connectivity index (χ1n) is 5.65. The highest BCUT2D eigenvalue weighted by atomic mass is 16.5. The van der Waals surface area contributed by atoms with Gasteiger partial charge < -0.3 is 15.4 Å². The maximum Gasteiger partial charge on any atom is 0.0617 e. The quantitative estimate of drug-likeness (QED) is 0.615. The van der Waals surface area contributed by atoms with E-state index < -0.39 is 0 Å². The fourth-order valence-electron chi connectivity index (χ4n) is 1.57. The van der Waals surface area contributed by atoms with E-state index >= 15 is 0 Å². The molecule has 0 heterocycles. The lowest BCUT2D eigenvalue weighted by atomic mass is 10.1. The summed E-state index contributed by atoms with van der Waals surface area (Å²) in [7, 11) is 3.94. The van der Waals surface area contributed by atoms with Crippen LogP contribution in [0.4, 0.5) is 0 Å². The molecule has 0 aromatic rings. The van der Waals surface area contributed by atoms with Gasteiger partial charge in [-0.05, 0) is 39.4 Å². The molecule has 0 aliphatic rings. The average Bonchev–Trinajstić information content (AvgIpc) is 2.20. The first-order valence-corrected chi connectivity index (χ1v) is 5.65. The van der Waals surface area contributed by atoms with Crippen LogP contribution in [0.2, 0.25) is 0 Å². The lowest BCUT2D eigenvalue weighted by Crippen LogP contribution is -2.36. The third-order valence-electron chi connectivity index (χ3n) is 2.59. The summed E-state index contributed by atoms with van der Waals surface area (Å²) in [5.41, 5.74) is 5.51. The standard InChI is InChI=1S/C11H26N2O/c1-4-5-9-13(2)11(10-14-3)7-6-8-12/h11H,4-10,12H2,1-3H3. The summed E-state index contributed by atoms with van der Waals surface area (Å²) in [5, 5.41) is 0. The second-order valence-electron chi connectivity index (χ2n) is 3.87. The molecule has 3 heteroatoms. The van der Waals surface area contributed by atoms with Crippen LogP contribution in [-0.2, 0) is 4.74 Å². The fourth-order valence-corrected chi connectivity index (χ4v) is 1.57. The number of methoxy groups -OCH3 is 1. The van der Waals surface area contributed by atoms with E-state index in [0.29, 0.717) is 6.04 Å². The Balaban J connectivity index is 3.77. The van der Waals surface area contributed by atoms with Crippen molar-refractivity contribution in [3.05, 3.63) is 0 Å². The van der Waals surface area contributed by atoms with Crippen LogP contribution >= 0.6 is 0 Å². The topological polar surface area (TPSA) is 38.5 Å². The molecule has 0 fully saturated rings. The zero-order valence-corrected chi connectivity index (χ0v) is 9.96. The second-order valence-corrected chi connectivity index (χ2v) is 3.87. The monoisotopic (exact) mass is 202 g/mol. The highest BCUT2D eigenvalue weighted by Gasteiger charge is 2.12. The van der Waals surface area contributed by atoms with Gasteiger partial charge in [-0.3, -0.25) is 0 Å². The first kappa shape index (κ1) is 13.9. The highest BCUT2D eigenvalue weighted by Crippen LogP contribution is 2.06. The first-order chi connectivity index (χ1) is 6.76. The predicted octanol–water partition coefficient (Wildman–Crippen LogP) is 1.47. The number of hydrogen-bond donors (Lipinski definition) is 1. The van der Waals surface area contributed by atoms with Gasteiger partial charge in [0.15, 0.2) is 0 Å². The van der Waals surface area contributed by atoms with Crippen molar-refractivity contribution in [3.63, 3.8) is 0 Å². The van der Waals surface area contributed by atoms with Crippen molar-refractivity contribution in [2.75, 3.05) is 33.9 Å². The summed E-state index contributed by atoms with van der Waals surface area (Å²) in [5.74, 6) is 0. The average molecular weight is 202 g/mol. The lowest BCUT2D eigenvalue weighted by Gasteiger charge is -2.27. The van der Waals surface area contributed by atoms with Crippen molar-refractivity contribution < 1.29 is 4.74 Å². The van der Waals surface area contributed by atoms with E-state index in [1.54, 1.807) is 7.11 Å². The maximum absolute atomic E-state index is 5.51. The van der Waals surface area contributed by atoms with Gasteiger partial charge in [0.25, 0.3) is 0 Å². The third kappa shape index (κ3) is 6.35. The summed E-state index contributed by atoms with van der Waals surface area (Å²) in [6, 6.07) is 0.537. The Hall–Kier alpha value is -0.120. The number of unbranched alkanes of at least 4 members (excludes halogenated alkanes) is 1. The Morgan fingerprint density at radius 2 is 2.07 bits per heavy atom. The van der Waals surface area contributed by atoms with Crippen molar-refractivity contribution in [3.8, 4) is 0 Å². The van der Waals surface area contributed by atoms with E-state index in [0.717, 1.165) is 32.5 Å². The van der Waals surface area contributed by atoms with E-state index in [4.69, 9.17) is 10.5 Å². The highest BCUT2D eigenvalue weighted by molar-refractivity contribution is 4.68. The molecular weight excluding hydrogens is 176 g/mol. The molecule has 0 amide bonds. The molecule has 86 valence electrons. The zero-order chi connectivity index (χ0) is 10.8. The number of ether oxygens (including phenoxy) is 1. The zero-order valence-electron chi connectivity index (χ0n) is 9.96. The van der Waals surface area contributed by atoms with Crippen molar-refractivity contribution in [1.29, 1.82) is 0 Å². The van der Waals surface area contributed by atoms with Crippen molar-refractivity contribution in [2.24, 2.45) is 5.73 Å². The van der Waals surface area contributed by atoms with E-state index in [1.165, 1.54) is 12.8 Å². The molecule has 1 atom stereocenters. The molecule has 0 saturated carbocycles. The minimum absolute atomic E-state index is 0.537. The van der Waals surface area contributed by atoms with Gasteiger partial charge in [-0.1, -0.05) is 13.3 Å². The summed E-state index contributed by atoms with van der Waals surface area (Å²) >= 11 is 0. The Labute approximate surface area is 88.6 Å². The summed E-state index contributed by atoms with van der Waals surface area (Å²) in [6.45, 7) is 4.98. The van der Waals surface area contributed by atoms with Crippen LogP contribution in [0.1, 0.15) is 32.6 Å². The fraction of sp³-hybridized carbons (Fsp3) is 1.00. The molecular formula is C11H26N2O. The van der Waals surface area contributed by atoms with Gasteiger partial charge >= 0.3 is 0 Å². The third-order valence-corrected chi connectivity index (χ3v) is 2.59. The molecule has 0 aromatic heterocycles. The normalized spacial score (nSPS) is 13.5. The molecule has 0 rings (SSSR count). The van der Waals surface area contributed by atoms with Crippen LogP contribution in [0.15, 0.2) is 0 Å². The molecule has 0 aliphatic carbocycles. The van der Waals surface area contributed by atoms with Crippen LogP contribution in [0, 0.1) is 0 Å². The molecule has 0 bridgehead atoms. The van der Waals surface area contributed by atoms with Crippen LogP contribution in [0.25, 0.3) is 0 Å². The van der Waals surface area contributed by atoms with Crippen LogP contribution in [0.5, 0.6) is 0 Å². The number of likely N-dealkylation sites (N-methyl/N-ethyl adjacent to an activating group) is 1. The molecule has 0 aliphatic heterocycles. The van der Waals surface area contributed by atoms with Crippen molar-refractivity contribution in [1.82, 2.24) is 4.90 Å². The molecule has 2 N–H and O–H groups in total. The van der Waals surface area contributed by atoms with Gasteiger partial charge in [0.1, 0.15) is 0 Å². The van der Waals surface area contributed by atoms with E-state index in [-0.39, 0.29) is 0 Å². The van der Waals surface area contributed by atoms with E-state index in [1.807, 2.05) is 0 Å². The smallest absolute Gasteiger partial charge is 0.0617 e. The van der Waals surface area contributed by atoms with Gasteiger partial charge in [-0.25, -0.2) is 0 Å². The summed E-state index contributed by atoms with van der Waals surface area (Å²) in [4.78, 5) is 2.39. The van der Waals surface area contributed by atoms with Gasteiger partial charge in [0.05, 0.1) is 6.61 Å². The molecule has 3 nitrogen and oxygen atoms in total. The lowest BCUT2D eigenvalue weighted by molar-refractivity contribution is 0.0993. The van der Waals surface area contributed by atoms with E-state index in [9.17, 15) is 0 Å². The molecule has 0 spiro atoms. The Kier molecular flexibility index (Phi) is 9.35. The van der Waals surface area contributed by atoms with Gasteiger partial charge in [0, 0.05) is 13.2 Å². The minimum atomic E-state index is 0.537. The van der Waals surface area contributed by atoms with Crippen molar-refractivity contribution >= 4 is 0 Å². The predicted molar refractivity (Wildman–Crippen MR) is 61.5 cm³/mol. The SMILES string of the molecule is CCCCN(C)C(CCCN)COC. The number of rotatable bonds is 9. The molecule has 0 aromatic carbocycles. The molecule has 1 unspecified atom stereocenters. The number of hydrogen-bond acceptors (Lipinski definition) is 3. The van der Waals surface area contributed by atoms with Gasteiger partial charge in [-0.2, -0.15) is 0 Å². The minimum Gasteiger partial charge on any atom is -0.383 e. The van der Waals surface area contributed by atoms with Crippen LogP contribution in [-0.4, -0.2) is 44.8 Å². The van der Waals surface area contributed by atoms with Gasteiger partial charge in [-0.15, -0.1) is 0 Å². The summed E-state index contributed by atoms with van der Waals surface area (Å²) < 4.78 is 5.22. The second kappa shape index (κ2) is 9.44. The molecule has 14 heavy (non-hydrogen) atoms. The van der Waals surface area contributed by atoms with Gasteiger partial charge in [0.2, 0.25) is 0 Å². The van der Waals surface area contributed by atoms with Crippen LogP contribution < -0.4 is 5.73 Å². The summed E-state index contributed by atoms with van der Waals surface area (Å²) in [6.07, 6.45) is 4.75. The van der Waals surface area contributed by atoms with Crippen LogP contribution in [0.3, 0.4) is 0 Å². The number of nitrogens with two attached hydrogens (primary N) is 1. The Morgan fingerprint density at radius 1 is 1.36 bits per heavy atom. The Morgan fingerprint density at radius 3 is 2.57 bits per heavy atom. The maximum atomic E-state index is 5.51. The molecule has 0 radical (unpaired) electrons. The largest absolute Gasteiger partial charge is 0.383 e. The molecule has 0 saturated heterocycles.